The van der Waals surface area contributed by atoms with E-state index in [2.05, 4.69) is 5.16 Å². The van der Waals surface area contributed by atoms with Crippen LogP contribution in [-0.4, -0.2) is 25.5 Å². The second-order valence-electron chi connectivity index (χ2n) is 4.46. The molecule has 2 atom stereocenters. The molecule has 0 spiro atoms. The summed E-state index contributed by atoms with van der Waals surface area (Å²) in [5.41, 5.74) is -0.365. The lowest BCUT2D eigenvalue weighted by molar-refractivity contribution is -0.137. The van der Waals surface area contributed by atoms with Crippen LogP contribution in [0.25, 0.3) is 0 Å². The Bertz CT molecular complexity index is 704. The largest absolute Gasteiger partial charge is 0.416 e. The number of fused-ring (bicyclic) bond motifs is 1. The van der Waals surface area contributed by atoms with Gasteiger partial charge < -0.3 is 4.84 Å². The van der Waals surface area contributed by atoms with Gasteiger partial charge >= 0.3 is 6.18 Å². The Labute approximate surface area is 112 Å². The van der Waals surface area contributed by atoms with Crippen LogP contribution in [0.4, 0.5) is 13.2 Å². The van der Waals surface area contributed by atoms with Crippen molar-refractivity contribution in [3.63, 3.8) is 0 Å². The molecule has 2 heterocycles. The van der Waals surface area contributed by atoms with Crippen LogP contribution in [0.5, 0.6) is 0 Å². The van der Waals surface area contributed by atoms with Crippen molar-refractivity contribution in [2.45, 2.75) is 17.5 Å². The van der Waals surface area contributed by atoms with Gasteiger partial charge in [-0.3, -0.25) is 0 Å². The van der Waals surface area contributed by atoms with Crippen molar-refractivity contribution < 1.29 is 26.4 Å². The molecule has 8 heteroatoms. The van der Waals surface area contributed by atoms with Crippen molar-refractivity contribution in [1.82, 2.24) is 0 Å². The Morgan fingerprint density at radius 2 is 1.80 bits per heavy atom. The molecule has 0 N–H and O–H groups in total. The molecule has 0 fully saturated rings. The summed E-state index contributed by atoms with van der Waals surface area (Å²) in [6.07, 6.45) is -3.76. The van der Waals surface area contributed by atoms with E-state index < -0.39 is 32.9 Å². The van der Waals surface area contributed by atoms with Crippen LogP contribution >= 0.6 is 0 Å². The number of sulfone groups is 1. The average Bonchev–Trinajstić information content (AvgIpc) is 2.91. The van der Waals surface area contributed by atoms with E-state index in [1.165, 1.54) is 18.2 Å². The summed E-state index contributed by atoms with van der Waals surface area (Å²) in [7, 11) is -3.52. The molecule has 0 aromatic heterocycles. The predicted molar refractivity (Wildman–Crippen MR) is 64.7 cm³/mol. The van der Waals surface area contributed by atoms with Crippen LogP contribution in [0.2, 0.25) is 0 Å². The van der Waals surface area contributed by atoms with E-state index in [1.54, 1.807) is 0 Å². The lowest BCUT2D eigenvalue weighted by atomic mass is 10.0. The molecule has 2 aliphatic heterocycles. The standard InChI is InChI=1S/C12H8F3NO3S/c13-12(14,15)8-3-1-7(2-4-8)10-11-9(19-16-10)5-6-20(11,17)18/h1-6,9,11H/t9-,11+/m0/s1. The molecule has 1 aromatic carbocycles. The van der Waals surface area contributed by atoms with E-state index in [1.807, 2.05) is 0 Å². The summed E-state index contributed by atoms with van der Waals surface area (Å²) in [6.45, 7) is 0. The van der Waals surface area contributed by atoms with Gasteiger partial charge in [0.25, 0.3) is 0 Å². The van der Waals surface area contributed by atoms with E-state index in [0.717, 1.165) is 17.5 Å². The van der Waals surface area contributed by atoms with Crippen molar-refractivity contribution in [2.24, 2.45) is 5.16 Å². The lowest BCUT2D eigenvalue weighted by Crippen LogP contribution is -2.31. The SMILES string of the molecule is O=S1(=O)C=C[C@@H]2ON=C(c3ccc(C(F)(F)F)cc3)[C@@H]21. The molecule has 1 aromatic rings. The monoisotopic (exact) mass is 303 g/mol. The molecule has 3 rings (SSSR count). The van der Waals surface area contributed by atoms with Gasteiger partial charge in [-0.05, 0) is 18.2 Å². The fourth-order valence-electron chi connectivity index (χ4n) is 2.18. The van der Waals surface area contributed by atoms with Gasteiger partial charge in [-0.2, -0.15) is 13.2 Å². The van der Waals surface area contributed by atoms with Gasteiger partial charge in [0.2, 0.25) is 0 Å². The molecular formula is C12H8F3NO3S. The Hall–Kier alpha value is -1.83. The Morgan fingerprint density at radius 1 is 1.15 bits per heavy atom. The van der Waals surface area contributed by atoms with Gasteiger partial charge in [-0.25, -0.2) is 8.42 Å². The number of halogens is 3. The summed E-state index contributed by atoms with van der Waals surface area (Å²) >= 11 is 0. The first kappa shape index (κ1) is 13.2. The molecule has 0 bridgehead atoms. The maximum Gasteiger partial charge on any atom is 0.416 e. The van der Waals surface area contributed by atoms with Gasteiger partial charge in [-0.15, -0.1) is 0 Å². The summed E-state index contributed by atoms with van der Waals surface area (Å²) in [5.74, 6) is 0. The summed E-state index contributed by atoms with van der Waals surface area (Å²) < 4.78 is 61.1. The van der Waals surface area contributed by atoms with Crippen LogP contribution in [0.3, 0.4) is 0 Å². The van der Waals surface area contributed by atoms with E-state index in [9.17, 15) is 21.6 Å². The first-order chi connectivity index (χ1) is 9.29. The molecule has 0 amide bonds. The molecule has 0 saturated carbocycles. The first-order valence-corrected chi connectivity index (χ1v) is 7.23. The zero-order chi connectivity index (χ0) is 14.5. The third-order valence-corrected chi connectivity index (χ3v) is 4.90. The van der Waals surface area contributed by atoms with Crippen molar-refractivity contribution in [1.29, 1.82) is 0 Å². The van der Waals surface area contributed by atoms with Crippen LogP contribution in [-0.2, 0) is 20.9 Å². The van der Waals surface area contributed by atoms with Crippen molar-refractivity contribution in [2.75, 3.05) is 0 Å². The average molecular weight is 303 g/mol. The Morgan fingerprint density at radius 3 is 2.40 bits per heavy atom. The van der Waals surface area contributed by atoms with Gasteiger partial charge in [-0.1, -0.05) is 17.3 Å². The molecule has 20 heavy (non-hydrogen) atoms. The second-order valence-corrected chi connectivity index (χ2v) is 6.42. The highest BCUT2D eigenvalue weighted by atomic mass is 32.2. The van der Waals surface area contributed by atoms with E-state index in [4.69, 9.17) is 4.84 Å². The highest BCUT2D eigenvalue weighted by Crippen LogP contribution is 2.32. The zero-order valence-corrected chi connectivity index (χ0v) is 10.6. The molecule has 2 aliphatic rings. The maximum atomic E-state index is 12.5. The molecule has 106 valence electrons. The quantitative estimate of drug-likeness (QED) is 0.798. The second kappa shape index (κ2) is 4.08. The van der Waals surface area contributed by atoms with Gasteiger partial charge in [0.15, 0.2) is 21.2 Å². The first-order valence-electron chi connectivity index (χ1n) is 5.62. The van der Waals surface area contributed by atoms with Crippen LogP contribution < -0.4 is 0 Å². The number of nitrogens with zero attached hydrogens (tertiary/aromatic N) is 1. The fraction of sp³-hybridized carbons (Fsp3) is 0.250. The van der Waals surface area contributed by atoms with E-state index in [0.29, 0.717) is 5.56 Å². The summed E-state index contributed by atoms with van der Waals surface area (Å²) in [5, 5.41) is 3.75. The van der Waals surface area contributed by atoms with Gasteiger partial charge in [0, 0.05) is 11.0 Å². The van der Waals surface area contributed by atoms with Gasteiger partial charge in [0.1, 0.15) is 5.71 Å². The number of benzene rings is 1. The van der Waals surface area contributed by atoms with Crippen molar-refractivity contribution in [3.05, 3.63) is 46.9 Å². The Kier molecular flexibility index (Phi) is 2.69. The number of hydrogen-bond acceptors (Lipinski definition) is 4. The predicted octanol–water partition coefficient (Wildman–Crippen LogP) is 2.12. The van der Waals surface area contributed by atoms with Crippen LogP contribution in [0.15, 0.2) is 40.9 Å². The number of hydrogen-bond donors (Lipinski definition) is 0. The molecular weight excluding hydrogens is 295 g/mol. The maximum absolute atomic E-state index is 12.5. The van der Waals surface area contributed by atoms with Crippen molar-refractivity contribution in [3.8, 4) is 0 Å². The third-order valence-electron chi connectivity index (χ3n) is 3.16. The fourth-order valence-corrected chi connectivity index (χ4v) is 3.73. The molecule has 0 radical (unpaired) electrons. The minimum atomic E-state index is -4.43. The highest BCUT2D eigenvalue weighted by Gasteiger charge is 2.46. The molecule has 0 aliphatic carbocycles. The minimum Gasteiger partial charge on any atom is -0.386 e. The number of alkyl halides is 3. The van der Waals surface area contributed by atoms with Gasteiger partial charge in [0.05, 0.1) is 5.56 Å². The summed E-state index contributed by atoms with van der Waals surface area (Å²) in [4.78, 5) is 4.98. The Balaban J connectivity index is 1.95. The minimum absolute atomic E-state index is 0.133. The smallest absolute Gasteiger partial charge is 0.386 e. The molecule has 0 unspecified atom stereocenters. The van der Waals surface area contributed by atoms with Crippen LogP contribution in [0, 0.1) is 0 Å². The van der Waals surface area contributed by atoms with E-state index >= 15 is 0 Å². The topological polar surface area (TPSA) is 55.7 Å². The summed E-state index contributed by atoms with van der Waals surface area (Å²) in [6, 6.07) is 4.17. The normalized spacial score (nSPS) is 27.1. The third kappa shape index (κ3) is 2.00. The van der Waals surface area contributed by atoms with Crippen molar-refractivity contribution >= 4 is 15.5 Å². The zero-order valence-electron chi connectivity index (χ0n) is 9.83. The lowest BCUT2D eigenvalue weighted by Gasteiger charge is -2.10. The molecule has 4 nitrogen and oxygen atoms in total. The number of oxime groups is 1. The molecule has 0 saturated heterocycles. The van der Waals surface area contributed by atoms with Crippen LogP contribution in [0.1, 0.15) is 11.1 Å². The number of rotatable bonds is 1. The van der Waals surface area contributed by atoms with E-state index in [-0.39, 0.29) is 5.71 Å². The highest BCUT2D eigenvalue weighted by molar-refractivity contribution is 7.96.